The van der Waals surface area contributed by atoms with E-state index in [1.54, 1.807) is 6.42 Å². The lowest BCUT2D eigenvalue weighted by atomic mass is 9.80. The Kier molecular flexibility index (Phi) is 0.609. The normalized spacial score (nSPS) is 90.5. The van der Waals surface area contributed by atoms with Gasteiger partial charge in [0, 0.05) is 0 Å². The predicted molar refractivity (Wildman–Crippen MR) is 53.3 cm³/mol. The fourth-order valence-corrected chi connectivity index (χ4v) is 9.27. The summed E-state index contributed by atoms with van der Waals surface area (Å²) in [5, 5.41) is 0. The zero-order valence-electron chi connectivity index (χ0n) is 8.64. The molecule has 8 saturated carbocycles. The lowest BCUT2D eigenvalue weighted by Crippen LogP contribution is -2.21. The van der Waals surface area contributed by atoms with Crippen LogP contribution in [0.15, 0.2) is 5.57 Å². The van der Waals surface area contributed by atoms with E-state index >= 15 is 0 Å². The second-order valence-electron chi connectivity index (χ2n) is 7.69. The first kappa shape index (κ1) is 6.47. The fourth-order valence-electron chi connectivity index (χ4n) is 9.27. The van der Waals surface area contributed by atoms with E-state index in [2.05, 4.69) is 0 Å². The third-order valence-corrected chi connectivity index (χ3v) is 8.45. The average molecular weight is 194 g/mol. The summed E-state index contributed by atoms with van der Waals surface area (Å²) in [4.78, 5) is 0. The molecular formula is C15H14. The summed E-state index contributed by atoms with van der Waals surface area (Å²) < 4.78 is 0. The molecule has 4 bridgehead atoms. The first-order chi connectivity index (χ1) is 7.39. The Morgan fingerprint density at radius 2 is 1.07 bits per heavy atom. The van der Waals surface area contributed by atoms with Crippen molar-refractivity contribution >= 4 is 0 Å². The number of hydrogen-bond donors (Lipinski definition) is 0. The Bertz CT molecular complexity index is 391. The zero-order chi connectivity index (χ0) is 9.21. The topological polar surface area (TPSA) is 0 Å². The van der Waals surface area contributed by atoms with E-state index in [-0.39, 0.29) is 0 Å². The van der Waals surface area contributed by atoms with Gasteiger partial charge < -0.3 is 0 Å². The monoisotopic (exact) mass is 194 g/mol. The summed E-state index contributed by atoms with van der Waals surface area (Å²) in [6.45, 7) is 8.43. The van der Waals surface area contributed by atoms with Crippen molar-refractivity contribution in [1.82, 2.24) is 0 Å². The van der Waals surface area contributed by atoms with Crippen LogP contribution in [0.4, 0.5) is 0 Å². The van der Waals surface area contributed by atoms with Gasteiger partial charge in [-0.25, -0.2) is 0 Å². The third-order valence-electron chi connectivity index (χ3n) is 8.45. The molecule has 74 valence electrons. The van der Waals surface area contributed by atoms with Crippen molar-refractivity contribution in [2.75, 3.05) is 0 Å². The largest absolute Gasteiger partial charge is 0.0543 e. The van der Waals surface area contributed by atoms with Crippen molar-refractivity contribution in [2.45, 2.75) is 6.42 Å². The molecule has 0 aromatic rings. The van der Waals surface area contributed by atoms with Crippen molar-refractivity contribution in [3.63, 3.8) is 0 Å². The first-order valence-corrected chi connectivity index (χ1v) is 6.98. The molecule has 0 heterocycles. The Morgan fingerprint density at radius 3 is 1.47 bits per heavy atom. The van der Waals surface area contributed by atoms with Crippen LogP contribution in [0.3, 0.4) is 0 Å². The first-order valence-electron chi connectivity index (χ1n) is 6.98. The summed E-state index contributed by atoms with van der Waals surface area (Å²) in [6.07, 6.45) is 1.64. The van der Waals surface area contributed by atoms with E-state index in [4.69, 9.17) is 6.58 Å². The van der Waals surface area contributed by atoms with Gasteiger partial charge in [0.15, 0.2) is 0 Å². The summed E-state index contributed by atoms with van der Waals surface area (Å²) in [5.74, 6) is 12.8. The maximum atomic E-state index is 8.43. The molecule has 0 N–H and O–H groups in total. The highest BCUT2D eigenvalue weighted by atomic mass is 14.9. The van der Waals surface area contributed by atoms with E-state index in [0.29, 0.717) is 0 Å². The van der Waals surface area contributed by atoms with E-state index in [0.717, 1.165) is 59.2 Å². The standard InChI is InChI=1S/C15H14/c1-3-6-12-8-4-2-5-10(8)14(6)15-7(3)13(12)9(4)11(5)15/h4-15H,2H2. The molecule has 0 aromatic carbocycles. The highest BCUT2D eigenvalue weighted by molar-refractivity contribution is 5.44. The second-order valence-corrected chi connectivity index (χ2v) is 7.69. The van der Waals surface area contributed by atoms with Gasteiger partial charge in [0.1, 0.15) is 0 Å². The Labute approximate surface area is 90.1 Å². The van der Waals surface area contributed by atoms with Crippen LogP contribution in [-0.2, 0) is 0 Å². The average Bonchev–Trinajstić information content (AvgIpc) is 2.83. The van der Waals surface area contributed by atoms with Gasteiger partial charge in [-0.05, 0) is 84.0 Å². The van der Waals surface area contributed by atoms with Crippen LogP contribution in [0.2, 0.25) is 0 Å². The zero-order valence-corrected chi connectivity index (χ0v) is 8.64. The number of hydrogen-bond acceptors (Lipinski definition) is 0. The smallest absolute Gasteiger partial charge is 0.0101 e. The lowest BCUT2D eigenvalue weighted by Gasteiger charge is -2.24. The van der Waals surface area contributed by atoms with E-state index in [1.807, 2.05) is 0 Å². The molecule has 0 saturated heterocycles. The molecule has 0 aliphatic heterocycles. The van der Waals surface area contributed by atoms with Crippen LogP contribution in [0, 0.1) is 77.6 Å². The molecule has 0 amide bonds. The Hall–Kier alpha value is -0.260. The summed E-state index contributed by atoms with van der Waals surface area (Å²) in [7, 11) is 0. The van der Waals surface area contributed by atoms with E-state index in [9.17, 15) is 0 Å². The lowest BCUT2D eigenvalue weighted by molar-refractivity contribution is 0.220. The van der Waals surface area contributed by atoms with E-state index < -0.39 is 0 Å². The molecule has 15 heavy (non-hydrogen) atoms. The van der Waals surface area contributed by atoms with Gasteiger partial charge in [0.2, 0.25) is 0 Å². The summed E-state index contributed by atoms with van der Waals surface area (Å²) >= 11 is 0. The van der Waals surface area contributed by atoms with Gasteiger partial charge in [-0.3, -0.25) is 0 Å². The van der Waals surface area contributed by atoms with Crippen LogP contribution in [0.1, 0.15) is 6.42 Å². The quantitative estimate of drug-likeness (QED) is 0.554. The third kappa shape index (κ3) is 0.330. The van der Waals surface area contributed by atoms with Crippen LogP contribution in [-0.4, -0.2) is 0 Å². The number of allylic oxidation sites excluding steroid dienone is 1. The minimum atomic E-state index is 0.836. The minimum absolute atomic E-state index is 0.836. The molecule has 8 fully saturated rings. The van der Waals surface area contributed by atoms with Crippen molar-refractivity contribution in [3.05, 3.63) is 12.2 Å². The van der Waals surface area contributed by atoms with Gasteiger partial charge in [-0.2, -0.15) is 0 Å². The van der Waals surface area contributed by atoms with Crippen molar-refractivity contribution < 1.29 is 0 Å². The van der Waals surface area contributed by atoms with Gasteiger partial charge in [-0.1, -0.05) is 5.57 Å². The SMILES string of the molecule is [C]=C1C2C3C4C5CC6C4C2C2C1C3C5C62. The molecular weight excluding hydrogens is 180 g/mol. The Balaban J connectivity index is 1.75. The van der Waals surface area contributed by atoms with Gasteiger partial charge in [-0.15, -0.1) is 0 Å². The van der Waals surface area contributed by atoms with Crippen LogP contribution in [0.5, 0.6) is 0 Å². The minimum Gasteiger partial charge on any atom is -0.0543 e. The van der Waals surface area contributed by atoms with Gasteiger partial charge in [0.25, 0.3) is 0 Å². The van der Waals surface area contributed by atoms with E-state index in [1.165, 1.54) is 17.4 Å². The molecule has 8 unspecified atom stereocenters. The Morgan fingerprint density at radius 1 is 0.667 bits per heavy atom. The predicted octanol–water partition coefficient (Wildman–Crippen LogP) is 2.10. The van der Waals surface area contributed by atoms with Crippen LogP contribution in [0.25, 0.3) is 0 Å². The molecule has 8 rings (SSSR count). The van der Waals surface area contributed by atoms with Crippen molar-refractivity contribution in [3.8, 4) is 0 Å². The maximum absolute atomic E-state index is 8.43. The molecule has 8 aliphatic carbocycles. The number of rotatable bonds is 0. The molecule has 0 spiro atoms. The van der Waals surface area contributed by atoms with Gasteiger partial charge >= 0.3 is 0 Å². The molecule has 0 heteroatoms. The molecule has 0 aromatic heterocycles. The maximum Gasteiger partial charge on any atom is -0.0101 e. The van der Waals surface area contributed by atoms with Crippen LogP contribution < -0.4 is 0 Å². The highest BCUT2D eigenvalue weighted by Crippen LogP contribution is 2.93. The van der Waals surface area contributed by atoms with Gasteiger partial charge in [0.05, 0.1) is 0 Å². The molecule has 8 atom stereocenters. The summed E-state index contributed by atoms with van der Waals surface area (Å²) in [5.41, 5.74) is 1.26. The van der Waals surface area contributed by atoms with Crippen molar-refractivity contribution in [1.29, 1.82) is 0 Å². The molecule has 2 radical (unpaired) electrons. The van der Waals surface area contributed by atoms with Crippen molar-refractivity contribution in [2.24, 2.45) is 71.0 Å². The molecule has 0 nitrogen and oxygen atoms in total. The second kappa shape index (κ2) is 1.41. The highest BCUT2D eigenvalue weighted by Gasteiger charge is 2.89. The summed E-state index contributed by atoms with van der Waals surface area (Å²) in [6, 6.07) is 0. The fraction of sp³-hybridized carbons (Fsp3) is 0.867. The van der Waals surface area contributed by atoms with Crippen LogP contribution >= 0.6 is 0 Å². The molecule has 8 aliphatic rings.